The third kappa shape index (κ3) is 4.49. The SMILES string of the molecule is O=C(Nc1ccc2c(c1)OCCO2)[C@@H]1CCCN(S(=O)(=O)c2c[nH]c(C(=O)N3CCCC3)c2)C1. The molecule has 0 spiro atoms. The molecule has 3 aliphatic rings. The highest BCUT2D eigenvalue weighted by Crippen LogP contribution is 2.33. The molecule has 2 saturated heterocycles. The van der Waals surface area contributed by atoms with E-state index < -0.39 is 15.9 Å². The van der Waals surface area contributed by atoms with Crippen molar-refractivity contribution in [3.8, 4) is 11.5 Å². The van der Waals surface area contributed by atoms with Crippen LogP contribution < -0.4 is 14.8 Å². The number of piperidine rings is 1. The average Bonchev–Trinajstić information content (AvgIpc) is 3.57. The minimum Gasteiger partial charge on any atom is -0.486 e. The number of sulfonamides is 1. The van der Waals surface area contributed by atoms with Crippen molar-refractivity contribution >= 4 is 27.5 Å². The van der Waals surface area contributed by atoms with E-state index in [1.807, 2.05) is 0 Å². The van der Waals surface area contributed by atoms with Gasteiger partial charge in [-0.2, -0.15) is 4.31 Å². The summed E-state index contributed by atoms with van der Waals surface area (Å²) in [7, 11) is -3.83. The molecule has 0 bridgehead atoms. The maximum atomic E-state index is 13.3. The minimum absolute atomic E-state index is 0.0444. The van der Waals surface area contributed by atoms with Gasteiger partial charge in [-0.1, -0.05) is 0 Å². The summed E-state index contributed by atoms with van der Waals surface area (Å²) in [6.45, 7) is 2.72. The molecule has 0 radical (unpaired) electrons. The smallest absolute Gasteiger partial charge is 0.270 e. The van der Waals surface area contributed by atoms with E-state index in [-0.39, 0.29) is 28.9 Å². The second-order valence-electron chi connectivity index (χ2n) is 8.80. The fourth-order valence-corrected chi connectivity index (χ4v) is 6.15. The predicted octanol–water partition coefficient (Wildman–Crippen LogP) is 2.06. The van der Waals surface area contributed by atoms with E-state index in [0.29, 0.717) is 62.9 Å². The number of fused-ring (bicyclic) bond motifs is 1. The third-order valence-electron chi connectivity index (χ3n) is 6.48. The van der Waals surface area contributed by atoms with Crippen LogP contribution in [0.2, 0.25) is 0 Å². The van der Waals surface area contributed by atoms with Gasteiger partial charge in [-0.05, 0) is 43.9 Å². The number of carbonyl (C=O) groups excluding carboxylic acids is 2. The topological polar surface area (TPSA) is 121 Å². The van der Waals surface area contributed by atoms with Gasteiger partial charge in [0.05, 0.1) is 5.92 Å². The largest absolute Gasteiger partial charge is 0.486 e. The summed E-state index contributed by atoms with van der Waals surface area (Å²) in [6.07, 6.45) is 4.44. The van der Waals surface area contributed by atoms with E-state index in [2.05, 4.69) is 10.3 Å². The molecule has 2 fully saturated rings. The lowest BCUT2D eigenvalue weighted by Gasteiger charge is -2.31. The Hall–Kier alpha value is -3.05. The van der Waals surface area contributed by atoms with Gasteiger partial charge < -0.3 is 24.7 Å². The highest BCUT2D eigenvalue weighted by atomic mass is 32.2. The summed E-state index contributed by atoms with van der Waals surface area (Å²) in [4.78, 5) is 30.1. The van der Waals surface area contributed by atoms with Crippen molar-refractivity contribution in [1.29, 1.82) is 0 Å². The summed E-state index contributed by atoms with van der Waals surface area (Å²) in [5.41, 5.74) is 0.843. The van der Waals surface area contributed by atoms with Crippen LogP contribution in [0.5, 0.6) is 11.5 Å². The first-order chi connectivity index (χ1) is 16.4. The Morgan fingerprint density at radius 1 is 1.00 bits per heavy atom. The van der Waals surface area contributed by atoms with Crippen molar-refractivity contribution in [2.24, 2.45) is 5.92 Å². The Labute approximate surface area is 198 Å². The quantitative estimate of drug-likeness (QED) is 0.665. The van der Waals surface area contributed by atoms with Crippen molar-refractivity contribution in [2.45, 2.75) is 30.6 Å². The van der Waals surface area contributed by atoms with Crippen LogP contribution in [-0.2, 0) is 14.8 Å². The number of nitrogens with zero attached hydrogens (tertiary/aromatic N) is 2. The van der Waals surface area contributed by atoms with Crippen LogP contribution >= 0.6 is 0 Å². The zero-order valence-electron chi connectivity index (χ0n) is 18.8. The molecule has 1 aromatic heterocycles. The first-order valence-electron chi connectivity index (χ1n) is 11.6. The molecule has 2 N–H and O–H groups in total. The van der Waals surface area contributed by atoms with Crippen LogP contribution in [0.3, 0.4) is 0 Å². The number of hydrogen-bond acceptors (Lipinski definition) is 6. The number of carbonyl (C=O) groups is 2. The first kappa shape index (κ1) is 22.7. The molecule has 3 aliphatic heterocycles. The molecule has 11 heteroatoms. The van der Waals surface area contributed by atoms with Crippen LogP contribution in [0, 0.1) is 5.92 Å². The number of H-pyrrole nitrogens is 1. The van der Waals surface area contributed by atoms with Gasteiger partial charge in [0.15, 0.2) is 11.5 Å². The maximum Gasteiger partial charge on any atom is 0.270 e. The molecule has 2 amide bonds. The molecule has 4 heterocycles. The fraction of sp³-hybridized carbons (Fsp3) is 0.478. The molecule has 5 rings (SSSR count). The van der Waals surface area contributed by atoms with Crippen molar-refractivity contribution in [3.05, 3.63) is 36.2 Å². The van der Waals surface area contributed by atoms with Crippen LogP contribution in [0.4, 0.5) is 5.69 Å². The standard InChI is InChI=1S/C23H28N4O6S/c28-22(25-17-5-6-20-21(12-17)33-11-10-32-20)16-4-3-9-27(15-16)34(30,31)18-13-19(24-14-18)23(29)26-7-1-2-8-26/h5-6,12-14,16,24H,1-4,7-11,15H2,(H,25,28)/t16-/m1/s1. The molecule has 34 heavy (non-hydrogen) atoms. The summed E-state index contributed by atoms with van der Waals surface area (Å²) in [5, 5.41) is 2.87. The van der Waals surface area contributed by atoms with E-state index in [1.54, 1.807) is 23.1 Å². The number of benzene rings is 1. The monoisotopic (exact) mass is 488 g/mol. The van der Waals surface area contributed by atoms with Crippen LogP contribution in [0.25, 0.3) is 0 Å². The Morgan fingerprint density at radius 3 is 2.56 bits per heavy atom. The number of amides is 2. The van der Waals surface area contributed by atoms with Gasteiger partial charge in [0.1, 0.15) is 23.8 Å². The number of aromatic amines is 1. The zero-order chi connectivity index (χ0) is 23.7. The average molecular weight is 489 g/mol. The second kappa shape index (κ2) is 9.30. The highest BCUT2D eigenvalue weighted by molar-refractivity contribution is 7.89. The number of aromatic nitrogens is 1. The lowest BCUT2D eigenvalue weighted by Crippen LogP contribution is -2.43. The zero-order valence-corrected chi connectivity index (χ0v) is 19.6. The Kier molecular flexibility index (Phi) is 6.22. The van der Waals surface area contributed by atoms with Crippen LogP contribution in [0.1, 0.15) is 36.2 Å². The van der Waals surface area contributed by atoms with E-state index in [1.165, 1.54) is 16.6 Å². The molecular formula is C23H28N4O6S. The van der Waals surface area contributed by atoms with Crippen LogP contribution in [-0.4, -0.2) is 73.8 Å². The lowest BCUT2D eigenvalue weighted by atomic mass is 9.98. The van der Waals surface area contributed by atoms with E-state index >= 15 is 0 Å². The van der Waals surface area contributed by atoms with Crippen molar-refractivity contribution < 1.29 is 27.5 Å². The third-order valence-corrected chi connectivity index (χ3v) is 8.33. The Balaban J connectivity index is 1.25. The molecule has 10 nitrogen and oxygen atoms in total. The highest BCUT2D eigenvalue weighted by Gasteiger charge is 2.34. The minimum atomic E-state index is -3.83. The molecular weight excluding hydrogens is 460 g/mol. The number of anilines is 1. The molecule has 1 aromatic carbocycles. The molecule has 1 atom stereocenters. The molecule has 0 aliphatic carbocycles. The number of nitrogens with one attached hydrogen (secondary N) is 2. The van der Waals surface area contributed by atoms with Gasteiger partial charge in [-0.15, -0.1) is 0 Å². The summed E-state index contributed by atoms with van der Waals surface area (Å²) >= 11 is 0. The Morgan fingerprint density at radius 2 is 1.76 bits per heavy atom. The van der Waals surface area contributed by atoms with Gasteiger partial charge in [0, 0.05) is 44.1 Å². The first-order valence-corrected chi connectivity index (χ1v) is 13.0. The summed E-state index contributed by atoms with van der Waals surface area (Å²) < 4.78 is 38.9. The lowest BCUT2D eigenvalue weighted by molar-refractivity contribution is -0.120. The predicted molar refractivity (Wildman–Crippen MR) is 123 cm³/mol. The van der Waals surface area contributed by atoms with E-state index in [9.17, 15) is 18.0 Å². The van der Waals surface area contributed by atoms with Gasteiger partial charge in [0.2, 0.25) is 15.9 Å². The number of hydrogen-bond donors (Lipinski definition) is 2. The van der Waals surface area contributed by atoms with Gasteiger partial charge in [0.25, 0.3) is 5.91 Å². The molecule has 0 unspecified atom stereocenters. The maximum absolute atomic E-state index is 13.3. The number of ether oxygens (including phenoxy) is 2. The molecule has 0 saturated carbocycles. The van der Waals surface area contributed by atoms with E-state index in [4.69, 9.17) is 9.47 Å². The Bertz CT molecular complexity index is 1190. The van der Waals surface area contributed by atoms with Gasteiger partial charge in [-0.25, -0.2) is 8.42 Å². The van der Waals surface area contributed by atoms with Crippen molar-refractivity contribution in [3.63, 3.8) is 0 Å². The van der Waals surface area contributed by atoms with Crippen molar-refractivity contribution in [2.75, 3.05) is 44.7 Å². The van der Waals surface area contributed by atoms with Crippen LogP contribution in [0.15, 0.2) is 35.4 Å². The van der Waals surface area contributed by atoms with Crippen molar-refractivity contribution in [1.82, 2.24) is 14.2 Å². The number of likely N-dealkylation sites (tertiary alicyclic amines) is 1. The summed E-state index contributed by atoms with van der Waals surface area (Å²) in [6, 6.07) is 6.59. The normalized spacial score (nSPS) is 20.8. The molecule has 2 aromatic rings. The summed E-state index contributed by atoms with van der Waals surface area (Å²) in [5.74, 6) is 0.295. The fourth-order valence-electron chi connectivity index (χ4n) is 4.63. The molecule has 182 valence electrons. The van der Waals surface area contributed by atoms with Gasteiger partial charge >= 0.3 is 0 Å². The second-order valence-corrected chi connectivity index (χ2v) is 10.7. The number of rotatable bonds is 5. The van der Waals surface area contributed by atoms with Gasteiger partial charge in [-0.3, -0.25) is 9.59 Å². The van der Waals surface area contributed by atoms with E-state index in [0.717, 1.165) is 12.8 Å².